The zero-order valence-electron chi connectivity index (χ0n) is 7.04. The van der Waals surface area contributed by atoms with E-state index in [0.29, 0.717) is 18.1 Å². The normalized spacial score (nSPS) is 48.5. The van der Waals surface area contributed by atoms with Gasteiger partial charge >= 0.3 is 0 Å². The van der Waals surface area contributed by atoms with Crippen LogP contribution >= 0.6 is 0 Å². The van der Waals surface area contributed by atoms with E-state index in [1.807, 2.05) is 0 Å². The number of fused-ring (bicyclic) bond motifs is 2. The molecular weight excluding hydrogens is 142 g/mol. The van der Waals surface area contributed by atoms with Gasteiger partial charge in [-0.15, -0.1) is 0 Å². The Hall–Kier alpha value is -0.120. The highest BCUT2D eigenvalue weighted by Crippen LogP contribution is 2.34. The molecule has 3 heteroatoms. The third-order valence-electron chi connectivity index (χ3n) is 2.93. The minimum absolute atomic E-state index is 0.277. The molecule has 4 atom stereocenters. The summed E-state index contributed by atoms with van der Waals surface area (Å²) in [4.78, 5) is 0. The molecule has 0 aromatic carbocycles. The molecule has 0 spiro atoms. The van der Waals surface area contributed by atoms with Gasteiger partial charge in [0.15, 0.2) is 0 Å². The second-order valence-corrected chi connectivity index (χ2v) is 3.41. The number of ether oxygens (including phenoxy) is 2. The van der Waals surface area contributed by atoms with Crippen molar-refractivity contribution >= 4 is 0 Å². The Morgan fingerprint density at radius 3 is 2.45 bits per heavy atom. The van der Waals surface area contributed by atoms with Crippen molar-refractivity contribution < 1.29 is 9.47 Å². The van der Waals surface area contributed by atoms with Crippen LogP contribution in [0.15, 0.2) is 0 Å². The van der Waals surface area contributed by atoms with Crippen LogP contribution in [0.25, 0.3) is 0 Å². The van der Waals surface area contributed by atoms with E-state index in [4.69, 9.17) is 9.47 Å². The van der Waals surface area contributed by atoms with Crippen LogP contribution in [0.3, 0.4) is 0 Å². The molecule has 1 saturated carbocycles. The van der Waals surface area contributed by atoms with E-state index in [0.717, 1.165) is 6.54 Å². The van der Waals surface area contributed by atoms with Crippen LogP contribution in [-0.2, 0) is 9.47 Å². The standard InChI is InChI=1S/C8H15NO2/c1-10-7-5-3-6(9-4-5)8(7)11-2/h5-9H,3-4H2,1-2H3/t5-,6-,7-,8+/m0/s1. The maximum atomic E-state index is 5.38. The molecule has 2 fully saturated rings. The number of hydrogen-bond acceptors (Lipinski definition) is 3. The Morgan fingerprint density at radius 1 is 1.18 bits per heavy atom. The largest absolute Gasteiger partial charge is 0.378 e. The Bertz CT molecular complexity index is 135. The Morgan fingerprint density at radius 2 is 1.91 bits per heavy atom. The van der Waals surface area contributed by atoms with Gasteiger partial charge in [-0.1, -0.05) is 0 Å². The Labute approximate surface area is 67.1 Å². The lowest BCUT2D eigenvalue weighted by atomic mass is 10.1. The highest BCUT2D eigenvalue weighted by Gasteiger charge is 2.48. The first-order valence-electron chi connectivity index (χ1n) is 4.15. The van der Waals surface area contributed by atoms with E-state index in [1.165, 1.54) is 6.42 Å². The summed E-state index contributed by atoms with van der Waals surface area (Å²) in [5.74, 6) is 0.676. The smallest absolute Gasteiger partial charge is 0.0988 e. The molecule has 0 aromatic rings. The molecule has 1 aliphatic heterocycles. The molecule has 0 radical (unpaired) electrons. The molecule has 1 N–H and O–H groups in total. The second kappa shape index (κ2) is 2.73. The summed E-state index contributed by atoms with van der Waals surface area (Å²) in [6.45, 7) is 1.10. The molecule has 11 heavy (non-hydrogen) atoms. The minimum Gasteiger partial charge on any atom is -0.378 e. The molecule has 1 heterocycles. The van der Waals surface area contributed by atoms with E-state index in [-0.39, 0.29) is 6.10 Å². The van der Waals surface area contributed by atoms with E-state index >= 15 is 0 Å². The maximum absolute atomic E-state index is 5.38. The van der Waals surface area contributed by atoms with Crippen LogP contribution in [0.5, 0.6) is 0 Å². The topological polar surface area (TPSA) is 30.5 Å². The third-order valence-corrected chi connectivity index (χ3v) is 2.93. The number of piperidine rings is 1. The predicted octanol–water partition coefficient (Wildman–Crippen LogP) is 0.00810. The number of methoxy groups -OCH3 is 2. The molecule has 0 amide bonds. The van der Waals surface area contributed by atoms with Crippen molar-refractivity contribution in [3.05, 3.63) is 0 Å². The van der Waals surface area contributed by atoms with E-state index in [1.54, 1.807) is 14.2 Å². The molecule has 0 aromatic heterocycles. The van der Waals surface area contributed by atoms with E-state index in [2.05, 4.69) is 5.32 Å². The maximum Gasteiger partial charge on any atom is 0.0988 e. The molecule has 2 aliphatic rings. The van der Waals surface area contributed by atoms with Gasteiger partial charge in [0, 0.05) is 32.7 Å². The van der Waals surface area contributed by atoms with Gasteiger partial charge in [0.25, 0.3) is 0 Å². The van der Waals surface area contributed by atoms with Gasteiger partial charge in [0.2, 0.25) is 0 Å². The monoisotopic (exact) mass is 157 g/mol. The summed E-state index contributed by atoms with van der Waals surface area (Å²) in [6.07, 6.45) is 1.82. The molecular formula is C8H15NO2. The van der Waals surface area contributed by atoms with Gasteiger partial charge in [-0.05, 0) is 6.42 Å². The average Bonchev–Trinajstić information content (AvgIpc) is 2.60. The fourth-order valence-electron chi connectivity index (χ4n) is 2.42. The summed E-state index contributed by atoms with van der Waals surface area (Å²) >= 11 is 0. The van der Waals surface area contributed by atoms with Gasteiger partial charge < -0.3 is 14.8 Å². The fraction of sp³-hybridized carbons (Fsp3) is 1.00. The van der Waals surface area contributed by atoms with Crippen LogP contribution in [0, 0.1) is 5.92 Å². The summed E-state index contributed by atoms with van der Waals surface area (Å²) < 4.78 is 10.7. The van der Waals surface area contributed by atoms with Crippen LogP contribution in [0.2, 0.25) is 0 Å². The van der Waals surface area contributed by atoms with Crippen LogP contribution in [-0.4, -0.2) is 39.0 Å². The first-order chi connectivity index (χ1) is 5.36. The van der Waals surface area contributed by atoms with Crippen molar-refractivity contribution in [3.63, 3.8) is 0 Å². The van der Waals surface area contributed by atoms with Gasteiger partial charge in [0.1, 0.15) is 0 Å². The molecule has 64 valence electrons. The first-order valence-corrected chi connectivity index (χ1v) is 4.15. The van der Waals surface area contributed by atoms with Crippen molar-refractivity contribution in [1.29, 1.82) is 0 Å². The predicted molar refractivity (Wildman–Crippen MR) is 41.5 cm³/mol. The van der Waals surface area contributed by atoms with Crippen molar-refractivity contribution in [2.75, 3.05) is 20.8 Å². The lowest BCUT2D eigenvalue weighted by Gasteiger charge is -2.29. The highest BCUT2D eigenvalue weighted by molar-refractivity contribution is 5.03. The number of hydrogen-bond donors (Lipinski definition) is 1. The Kier molecular flexibility index (Phi) is 1.87. The quantitative estimate of drug-likeness (QED) is 0.612. The zero-order chi connectivity index (χ0) is 7.84. The molecule has 2 bridgehead atoms. The fourth-order valence-corrected chi connectivity index (χ4v) is 2.42. The summed E-state index contributed by atoms with van der Waals surface area (Å²) in [5, 5.41) is 3.42. The second-order valence-electron chi connectivity index (χ2n) is 3.41. The average molecular weight is 157 g/mol. The van der Waals surface area contributed by atoms with Crippen molar-refractivity contribution in [2.24, 2.45) is 5.92 Å². The molecule has 1 saturated heterocycles. The number of rotatable bonds is 2. The summed E-state index contributed by atoms with van der Waals surface area (Å²) in [5.41, 5.74) is 0. The van der Waals surface area contributed by atoms with Gasteiger partial charge in [-0.2, -0.15) is 0 Å². The SMILES string of the molecule is CO[C@H]1[C@@H]2CN[C@@H](C2)[C@H]1OC. The van der Waals surface area contributed by atoms with E-state index < -0.39 is 0 Å². The molecule has 1 aliphatic carbocycles. The number of nitrogens with one attached hydrogen (secondary N) is 1. The van der Waals surface area contributed by atoms with Gasteiger partial charge in [-0.3, -0.25) is 0 Å². The van der Waals surface area contributed by atoms with Crippen molar-refractivity contribution in [1.82, 2.24) is 5.32 Å². The summed E-state index contributed by atoms with van der Waals surface area (Å²) in [6, 6.07) is 0.537. The van der Waals surface area contributed by atoms with Crippen molar-refractivity contribution in [2.45, 2.75) is 24.7 Å². The van der Waals surface area contributed by atoms with Gasteiger partial charge in [-0.25, -0.2) is 0 Å². The Balaban J connectivity index is 2.08. The van der Waals surface area contributed by atoms with Gasteiger partial charge in [0.05, 0.1) is 12.2 Å². The zero-order valence-corrected chi connectivity index (χ0v) is 7.04. The molecule has 2 rings (SSSR count). The first kappa shape index (κ1) is 7.53. The van der Waals surface area contributed by atoms with Crippen LogP contribution < -0.4 is 5.32 Å². The van der Waals surface area contributed by atoms with Crippen LogP contribution in [0.4, 0.5) is 0 Å². The van der Waals surface area contributed by atoms with Crippen LogP contribution in [0.1, 0.15) is 6.42 Å². The van der Waals surface area contributed by atoms with Crippen molar-refractivity contribution in [3.8, 4) is 0 Å². The minimum atomic E-state index is 0.277. The highest BCUT2D eigenvalue weighted by atomic mass is 16.5. The van der Waals surface area contributed by atoms with E-state index in [9.17, 15) is 0 Å². The lowest BCUT2D eigenvalue weighted by Crippen LogP contribution is -2.47. The summed E-state index contributed by atoms with van der Waals surface area (Å²) in [7, 11) is 3.54. The molecule has 3 nitrogen and oxygen atoms in total. The lowest BCUT2D eigenvalue weighted by molar-refractivity contribution is -0.0540. The third kappa shape index (κ3) is 0.991. The molecule has 0 unspecified atom stereocenters.